The van der Waals surface area contributed by atoms with E-state index in [1.54, 1.807) is 6.07 Å². The number of carbonyl (C=O) groups is 1. The average Bonchev–Trinajstić information content (AvgIpc) is 3.01. The highest BCUT2D eigenvalue weighted by atomic mass is 16.5. The number of amides is 1. The van der Waals surface area contributed by atoms with Crippen LogP contribution >= 0.6 is 0 Å². The van der Waals surface area contributed by atoms with Gasteiger partial charge in [0.1, 0.15) is 5.76 Å². The van der Waals surface area contributed by atoms with Crippen LogP contribution in [0.1, 0.15) is 55.3 Å². The number of hydrogen-bond donors (Lipinski definition) is 1. The van der Waals surface area contributed by atoms with E-state index >= 15 is 0 Å². The van der Waals surface area contributed by atoms with E-state index in [1.165, 1.54) is 12.8 Å². The fourth-order valence-electron chi connectivity index (χ4n) is 3.59. The molecule has 2 saturated heterocycles. The van der Waals surface area contributed by atoms with E-state index in [-0.39, 0.29) is 5.91 Å². The molecule has 2 aliphatic rings. The summed E-state index contributed by atoms with van der Waals surface area (Å²) in [5.74, 6) is 0.713. The first kappa shape index (κ1) is 13.6. The summed E-state index contributed by atoms with van der Waals surface area (Å²) in [6.07, 6.45) is 5.61. The van der Waals surface area contributed by atoms with Crippen molar-refractivity contribution in [3.63, 3.8) is 0 Å². The summed E-state index contributed by atoms with van der Waals surface area (Å²) in [4.78, 5) is 14.7. The highest BCUT2D eigenvalue weighted by Crippen LogP contribution is 2.30. The Bertz CT molecular complexity index is 473. The summed E-state index contributed by atoms with van der Waals surface area (Å²) in [6, 6.07) is 3.26. The summed E-state index contributed by atoms with van der Waals surface area (Å²) in [5, 5.41) is 7.51. The topological polar surface area (TPSA) is 58.4 Å². The number of rotatable bonds is 4. The van der Waals surface area contributed by atoms with Gasteiger partial charge in [0.2, 0.25) is 0 Å². The van der Waals surface area contributed by atoms with Gasteiger partial charge in [-0.3, -0.25) is 4.79 Å². The third-order valence-corrected chi connectivity index (χ3v) is 4.46. The number of fused-ring (bicyclic) bond motifs is 2. The molecule has 2 fully saturated rings. The van der Waals surface area contributed by atoms with Crippen molar-refractivity contribution < 1.29 is 9.32 Å². The highest BCUT2D eigenvalue weighted by Gasteiger charge is 2.38. The van der Waals surface area contributed by atoms with Gasteiger partial charge in [0.25, 0.3) is 5.91 Å². The SMILES string of the molecule is CCCN(C(=O)c1cc(C)on1)C1CC2CCC(C1)N2. The zero-order valence-electron chi connectivity index (χ0n) is 12.3. The molecule has 3 heterocycles. The van der Waals surface area contributed by atoms with E-state index in [2.05, 4.69) is 17.4 Å². The Kier molecular flexibility index (Phi) is 3.78. The maximum atomic E-state index is 12.7. The van der Waals surface area contributed by atoms with Crippen molar-refractivity contribution in [1.29, 1.82) is 0 Å². The van der Waals surface area contributed by atoms with Crippen LogP contribution in [-0.4, -0.2) is 40.6 Å². The fourth-order valence-corrected chi connectivity index (χ4v) is 3.59. The molecule has 1 aromatic heterocycles. The van der Waals surface area contributed by atoms with Crippen molar-refractivity contribution in [3.8, 4) is 0 Å². The predicted molar refractivity (Wildman–Crippen MR) is 75.5 cm³/mol. The zero-order valence-corrected chi connectivity index (χ0v) is 12.3. The lowest BCUT2D eigenvalue weighted by Crippen LogP contribution is -2.50. The van der Waals surface area contributed by atoms with Crippen molar-refractivity contribution in [2.24, 2.45) is 0 Å². The molecule has 0 aromatic carbocycles. The second kappa shape index (κ2) is 5.56. The van der Waals surface area contributed by atoms with Crippen molar-refractivity contribution in [2.45, 2.75) is 64.1 Å². The van der Waals surface area contributed by atoms with Crippen molar-refractivity contribution in [2.75, 3.05) is 6.54 Å². The Morgan fingerprint density at radius 1 is 1.45 bits per heavy atom. The van der Waals surface area contributed by atoms with Gasteiger partial charge in [-0.1, -0.05) is 12.1 Å². The molecular formula is C15H23N3O2. The van der Waals surface area contributed by atoms with Crippen LogP contribution in [0.25, 0.3) is 0 Å². The van der Waals surface area contributed by atoms with Crippen LogP contribution < -0.4 is 5.32 Å². The first-order valence-electron chi connectivity index (χ1n) is 7.67. The second-order valence-electron chi connectivity index (χ2n) is 6.08. The van der Waals surface area contributed by atoms with Crippen LogP contribution in [0.2, 0.25) is 0 Å². The second-order valence-corrected chi connectivity index (χ2v) is 6.08. The molecule has 2 bridgehead atoms. The quantitative estimate of drug-likeness (QED) is 0.916. The highest BCUT2D eigenvalue weighted by molar-refractivity contribution is 5.92. The Morgan fingerprint density at radius 2 is 2.15 bits per heavy atom. The summed E-state index contributed by atoms with van der Waals surface area (Å²) in [7, 11) is 0. The number of hydrogen-bond acceptors (Lipinski definition) is 4. The van der Waals surface area contributed by atoms with Gasteiger partial charge in [-0.2, -0.15) is 0 Å². The lowest BCUT2D eigenvalue weighted by atomic mass is 9.97. The van der Waals surface area contributed by atoms with E-state index < -0.39 is 0 Å². The smallest absolute Gasteiger partial charge is 0.276 e. The molecule has 0 spiro atoms. The van der Waals surface area contributed by atoms with E-state index in [0.29, 0.717) is 29.6 Å². The van der Waals surface area contributed by atoms with Gasteiger partial charge in [0, 0.05) is 30.7 Å². The molecule has 5 nitrogen and oxygen atoms in total. The Labute approximate surface area is 119 Å². The first-order valence-corrected chi connectivity index (χ1v) is 7.67. The van der Waals surface area contributed by atoms with Crippen LogP contribution in [-0.2, 0) is 0 Å². The van der Waals surface area contributed by atoms with Gasteiger partial charge in [0.15, 0.2) is 5.69 Å². The molecule has 0 saturated carbocycles. The number of piperidine rings is 1. The number of carbonyl (C=O) groups excluding carboxylic acids is 1. The summed E-state index contributed by atoms with van der Waals surface area (Å²) in [6.45, 7) is 4.73. The van der Waals surface area contributed by atoms with Gasteiger partial charge in [-0.05, 0) is 39.0 Å². The number of nitrogens with zero attached hydrogens (tertiary/aromatic N) is 2. The maximum Gasteiger partial charge on any atom is 0.276 e. The molecule has 2 aliphatic heterocycles. The molecule has 2 atom stereocenters. The number of aryl methyl sites for hydroxylation is 1. The number of nitrogens with one attached hydrogen (secondary N) is 1. The van der Waals surface area contributed by atoms with Crippen molar-refractivity contribution in [3.05, 3.63) is 17.5 Å². The molecule has 110 valence electrons. The predicted octanol–water partition coefficient (Wildman–Crippen LogP) is 2.12. The maximum absolute atomic E-state index is 12.7. The van der Waals surface area contributed by atoms with E-state index in [0.717, 1.165) is 25.8 Å². The minimum absolute atomic E-state index is 0.0231. The van der Waals surface area contributed by atoms with E-state index in [1.807, 2.05) is 11.8 Å². The molecule has 5 heteroatoms. The minimum atomic E-state index is 0.0231. The molecule has 2 unspecified atom stereocenters. The fraction of sp³-hybridized carbons (Fsp3) is 0.733. The molecule has 1 aromatic rings. The van der Waals surface area contributed by atoms with Gasteiger partial charge < -0.3 is 14.7 Å². The van der Waals surface area contributed by atoms with Gasteiger partial charge >= 0.3 is 0 Å². The molecule has 20 heavy (non-hydrogen) atoms. The Balaban J connectivity index is 1.76. The number of aromatic nitrogens is 1. The standard InChI is InChI=1S/C15H23N3O2/c1-3-6-18(15(19)14-7-10(2)20-17-14)13-8-11-4-5-12(9-13)16-11/h7,11-13,16H,3-6,8-9H2,1-2H3. The molecular weight excluding hydrogens is 254 g/mol. The lowest BCUT2D eigenvalue weighted by Gasteiger charge is -2.37. The normalized spacial score (nSPS) is 28.6. The lowest BCUT2D eigenvalue weighted by molar-refractivity contribution is 0.0606. The van der Waals surface area contributed by atoms with Crippen LogP contribution in [0.4, 0.5) is 0 Å². The largest absolute Gasteiger partial charge is 0.361 e. The monoisotopic (exact) mass is 277 g/mol. The van der Waals surface area contributed by atoms with Crippen LogP contribution in [0.5, 0.6) is 0 Å². The van der Waals surface area contributed by atoms with Crippen LogP contribution in [0, 0.1) is 6.92 Å². The minimum Gasteiger partial charge on any atom is -0.361 e. The van der Waals surface area contributed by atoms with E-state index in [9.17, 15) is 4.79 Å². The van der Waals surface area contributed by atoms with Crippen LogP contribution in [0.15, 0.2) is 10.6 Å². The first-order chi connectivity index (χ1) is 9.67. The summed E-state index contributed by atoms with van der Waals surface area (Å²) < 4.78 is 5.05. The van der Waals surface area contributed by atoms with Crippen molar-refractivity contribution in [1.82, 2.24) is 15.4 Å². The molecule has 0 aliphatic carbocycles. The third-order valence-electron chi connectivity index (χ3n) is 4.46. The van der Waals surface area contributed by atoms with Gasteiger partial charge in [0.05, 0.1) is 0 Å². The van der Waals surface area contributed by atoms with Gasteiger partial charge in [-0.25, -0.2) is 0 Å². The Hall–Kier alpha value is -1.36. The third kappa shape index (κ3) is 2.59. The average molecular weight is 277 g/mol. The van der Waals surface area contributed by atoms with Crippen LogP contribution in [0.3, 0.4) is 0 Å². The summed E-state index contributed by atoms with van der Waals surface area (Å²) >= 11 is 0. The zero-order chi connectivity index (χ0) is 14.1. The molecule has 1 amide bonds. The molecule has 3 rings (SSSR count). The molecule has 1 N–H and O–H groups in total. The van der Waals surface area contributed by atoms with E-state index in [4.69, 9.17) is 4.52 Å². The molecule has 0 radical (unpaired) electrons. The van der Waals surface area contributed by atoms with Gasteiger partial charge in [-0.15, -0.1) is 0 Å². The van der Waals surface area contributed by atoms with Crippen molar-refractivity contribution >= 4 is 5.91 Å². The Morgan fingerprint density at radius 3 is 2.70 bits per heavy atom. The summed E-state index contributed by atoms with van der Waals surface area (Å²) in [5.41, 5.74) is 0.446.